The van der Waals surface area contributed by atoms with Gasteiger partial charge in [0.1, 0.15) is 0 Å². The summed E-state index contributed by atoms with van der Waals surface area (Å²) in [7, 11) is 0. The first-order valence-corrected chi connectivity index (χ1v) is 7.82. The van der Waals surface area contributed by atoms with Gasteiger partial charge in [0, 0.05) is 17.1 Å². The summed E-state index contributed by atoms with van der Waals surface area (Å²) in [5.41, 5.74) is 2.06. The maximum atomic E-state index is 12.4. The number of carbonyl (C=O) groups is 1. The van der Waals surface area contributed by atoms with Crippen LogP contribution in [-0.2, 0) is 17.8 Å². The number of aromatic nitrogens is 4. The molecule has 6 heteroatoms. The van der Waals surface area contributed by atoms with E-state index in [1.165, 1.54) is 0 Å². The molecule has 2 heterocycles. The van der Waals surface area contributed by atoms with Gasteiger partial charge in [0.05, 0.1) is 31.4 Å². The highest BCUT2D eigenvalue weighted by Crippen LogP contribution is 2.18. The maximum Gasteiger partial charge on any atom is 0.224 e. The van der Waals surface area contributed by atoms with Gasteiger partial charge in [-0.05, 0) is 17.5 Å². The summed E-state index contributed by atoms with van der Waals surface area (Å²) in [5.74, 6) is 0.313. The molecule has 120 valence electrons. The number of aromatic amines is 1. The molecule has 1 amide bonds. The van der Waals surface area contributed by atoms with Crippen molar-refractivity contribution in [3.63, 3.8) is 0 Å². The molecule has 1 atom stereocenters. The summed E-state index contributed by atoms with van der Waals surface area (Å²) < 4.78 is 0. The van der Waals surface area contributed by atoms with Crippen molar-refractivity contribution in [2.45, 2.75) is 32.9 Å². The molecule has 3 aromatic rings. The predicted molar refractivity (Wildman–Crippen MR) is 88.8 cm³/mol. The fraction of sp³-hybridized carbons (Fsp3) is 0.353. The Hall–Kier alpha value is -2.63. The summed E-state index contributed by atoms with van der Waals surface area (Å²) in [6, 6.07) is 8.01. The third-order valence-corrected chi connectivity index (χ3v) is 4.00. The Kier molecular flexibility index (Phi) is 4.41. The molecule has 0 aliphatic heterocycles. The molecule has 0 fully saturated rings. The minimum absolute atomic E-state index is 0.0000982. The number of para-hydroxylation sites is 1. The zero-order valence-corrected chi connectivity index (χ0v) is 13.4. The summed E-state index contributed by atoms with van der Waals surface area (Å²) in [6.45, 7) is 4.74. The molecule has 0 aliphatic rings. The van der Waals surface area contributed by atoms with E-state index in [0.717, 1.165) is 16.5 Å². The molecule has 2 aromatic heterocycles. The van der Waals surface area contributed by atoms with Gasteiger partial charge < -0.3 is 10.3 Å². The number of H-pyrrole nitrogens is 1. The molecule has 0 bridgehead atoms. The van der Waals surface area contributed by atoms with Crippen LogP contribution in [0.15, 0.2) is 42.9 Å². The fourth-order valence-electron chi connectivity index (χ4n) is 2.65. The molecular weight excluding hydrogens is 290 g/mol. The van der Waals surface area contributed by atoms with Crippen LogP contribution in [-0.4, -0.2) is 31.9 Å². The average molecular weight is 311 g/mol. The van der Waals surface area contributed by atoms with Crippen molar-refractivity contribution >= 4 is 16.8 Å². The number of rotatable bonds is 6. The van der Waals surface area contributed by atoms with Crippen LogP contribution in [0.5, 0.6) is 0 Å². The summed E-state index contributed by atoms with van der Waals surface area (Å²) in [6.07, 6.45) is 5.56. The highest BCUT2D eigenvalue weighted by atomic mass is 16.1. The third-order valence-electron chi connectivity index (χ3n) is 4.00. The largest absolute Gasteiger partial charge is 0.361 e. The van der Waals surface area contributed by atoms with E-state index in [1.807, 2.05) is 30.5 Å². The Balaban J connectivity index is 1.67. The second-order valence-corrected chi connectivity index (χ2v) is 6.04. The van der Waals surface area contributed by atoms with Gasteiger partial charge in [0.2, 0.25) is 5.91 Å². The van der Waals surface area contributed by atoms with Gasteiger partial charge in [0.15, 0.2) is 0 Å². The predicted octanol–water partition coefficient (Wildman–Crippen LogP) is 2.14. The van der Waals surface area contributed by atoms with Gasteiger partial charge in [-0.25, -0.2) is 0 Å². The van der Waals surface area contributed by atoms with Crippen molar-refractivity contribution < 1.29 is 4.79 Å². The first kappa shape index (κ1) is 15.3. The summed E-state index contributed by atoms with van der Waals surface area (Å²) in [5, 5.41) is 12.4. The molecule has 1 unspecified atom stereocenters. The Labute approximate surface area is 134 Å². The highest BCUT2D eigenvalue weighted by Gasteiger charge is 2.18. The van der Waals surface area contributed by atoms with Gasteiger partial charge in [-0.1, -0.05) is 32.0 Å². The van der Waals surface area contributed by atoms with Crippen LogP contribution >= 0.6 is 0 Å². The lowest BCUT2D eigenvalue weighted by atomic mass is 10.0. The number of nitrogens with zero attached hydrogens (tertiary/aromatic N) is 3. The van der Waals surface area contributed by atoms with Crippen LogP contribution in [0, 0.1) is 5.92 Å². The molecule has 23 heavy (non-hydrogen) atoms. The summed E-state index contributed by atoms with van der Waals surface area (Å²) in [4.78, 5) is 17.2. The van der Waals surface area contributed by atoms with Crippen LogP contribution in [0.25, 0.3) is 10.9 Å². The van der Waals surface area contributed by atoms with Crippen molar-refractivity contribution in [2.75, 3.05) is 0 Å². The zero-order valence-electron chi connectivity index (χ0n) is 13.4. The average Bonchev–Trinajstić information content (AvgIpc) is 3.17. The number of carbonyl (C=O) groups excluding carboxylic acids is 1. The van der Waals surface area contributed by atoms with E-state index in [0.29, 0.717) is 18.9 Å². The molecule has 0 saturated heterocycles. The number of hydrogen-bond donors (Lipinski definition) is 2. The zero-order chi connectivity index (χ0) is 16.2. The lowest BCUT2D eigenvalue weighted by Crippen LogP contribution is -2.42. The molecule has 1 aromatic carbocycles. The van der Waals surface area contributed by atoms with Crippen molar-refractivity contribution in [3.05, 3.63) is 48.4 Å². The first-order chi connectivity index (χ1) is 11.1. The molecule has 0 radical (unpaired) electrons. The van der Waals surface area contributed by atoms with E-state index in [9.17, 15) is 4.79 Å². The molecule has 0 aliphatic carbocycles. The van der Waals surface area contributed by atoms with Gasteiger partial charge >= 0.3 is 0 Å². The summed E-state index contributed by atoms with van der Waals surface area (Å²) >= 11 is 0. The van der Waals surface area contributed by atoms with Crippen molar-refractivity contribution in [1.29, 1.82) is 0 Å². The molecule has 2 N–H and O–H groups in total. The van der Waals surface area contributed by atoms with E-state index < -0.39 is 0 Å². The van der Waals surface area contributed by atoms with Gasteiger partial charge in [-0.3, -0.25) is 4.79 Å². The van der Waals surface area contributed by atoms with Crippen molar-refractivity contribution in [2.24, 2.45) is 5.92 Å². The Morgan fingerprint density at radius 2 is 2.00 bits per heavy atom. The Morgan fingerprint density at radius 1 is 1.26 bits per heavy atom. The topological polar surface area (TPSA) is 75.6 Å². The molecule has 3 rings (SSSR count). The molecule has 6 nitrogen and oxygen atoms in total. The lowest BCUT2D eigenvalue weighted by Gasteiger charge is -2.21. The van der Waals surface area contributed by atoms with Crippen LogP contribution in [0.3, 0.4) is 0 Å². The van der Waals surface area contributed by atoms with Gasteiger partial charge in [-0.2, -0.15) is 15.0 Å². The van der Waals surface area contributed by atoms with Crippen LogP contribution in [0.1, 0.15) is 19.4 Å². The van der Waals surface area contributed by atoms with Gasteiger partial charge in [0.25, 0.3) is 0 Å². The molecular formula is C17H21N5O. The second-order valence-electron chi connectivity index (χ2n) is 6.04. The van der Waals surface area contributed by atoms with E-state index in [2.05, 4.69) is 34.3 Å². The fourth-order valence-corrected chi connectivity index (χ4v) is 2.65. The molecule has 0 saturated carbocycles. The Bertz CT molecular complexity index is 775. The first-order valence-electron chi connectivity index (χ1n) is 7.82. The quantitative estimate of drug-likeness (QED) is 0.732. The number of fused-ring (bicyclic) bond motifs is 1. The van der Waals surface area contributed by atoms with E-state index in [4.69, 9.17) is 0 Å². The number of amides is 1. The Morgan fingerprint density at radius 3 is 2.74 bits per heavy atom. The van der Waals surface area contributed by atoms with E-state index in [-0.39, 0.29) is 11.9 Å². The number of hydrogen-bond acceptors (Lipinski definition) is 3. The monoisotopic (exact) mass is 311 g/mol. The van der Waals surface area contributed by atoms with Crippen LogP contribution in [0.4, 0.5) is 0 Å². The number of nitrogens with one attached hydrogen (secondary N) is 2. The maximum absolute atomic E-state index is 12.4. The third kappa shape index (κ3) is 3.59. The van der Waals surface area contributed by atoms with Crippen molar-refractivity contribution in [1.82, 2.24) is 25.3 Å². The highest BCUT2D eigenvalue weighted by molar-refractivity contribution is 5.88. The van der Waals surface area contributed by atoms with Gasteiger partial charge in [-0.15, -0.1) is 0 Å². The standard InChI is InChI=1S/C17H21N5O/c1-12(2)16(11-22-19-7-8-20-22)21-17(23)9-13-10-18-15-6-4-3-5-14(13)15/h3-8,10,12,16,18H,9,11H2,1-2H3,(H,21,23). The smallest absolute Gasteiger partial charge is 0.224 e. The van der Waals surface area contributed by atoms with Crippen molar-refractivity contribution in [3.8, 4) is 0 Å². The second kappa shape index (κ2) is 6.64. The minimum atomic E-state index is 0.0000982. The number of benzene rings is 1. The minimum Gasteiger partial charge on any atom is -0.361 e. The van der Waals surface area contributed by atoms with Crippen LogP contribution < -0.4 is 5.32 Å². The van der Waals surface area contributed by atoms with Crippen LogP contribution in [0.2, 0.25) is 0 Å². The van der Waals surface area contributed by atoms with E-state index in [1.54, 1.807) is 17.2 Å². The lowest BCUT2D eigenvalue weighted by molar-refractivity contribution is -0.121. The normalized spacial score (nSPS) is 12.7. The molecule has 0 spiro atoms. The van der Waals surface area contributed by atoms with E-state index >= 15 is 0 Å². The SMILES string of the molecule is CC(C)C(Cn1nccn1)NC(=O)Cc1c[nH]c2ccccc12.